The van der Waals surface area contributed by atoms with Crippen molar-refractivity contribution in [2.45, 2.75) is 19.9 Å². The molecule has 2 aromatic carbocycles. The van der Waals surface area contributed by atoms with Gasteiger partial charge in [-0.05, 0) is 37.1 Å². The largest absolute Gasteiger partial charge is 0.494 e. The Balaban J connectivity index is 2.28. The smallest absolute Gasteiger partial charge is 0.120 e. The van der Waals surface area contributed by atoms with Gasteiger partial charge in [-0.1, -0.05) is 51.8 Å². The topological polar surface area (TPSA) is 35.2 Å². The van der Waals surface area contributed by atoms with Crippen molar-refractivity contribution in [3.05, 3.63) is 63.6 Å². The molecule has 0 heterocycles. The Morgan fingerprint density at radius 1 is 1.16 bits per heavy atom. The van der Waals surface area contributed by atoms with E-state index in [-0.39, 0.29) is 6.04 Å². The zero-order valence-corrected chi connectivity index (χ0v) is 12.8. The zero-order valence-electron chi connectivity index (χ0n) is 11.2. The van der Waals surface area contributed by atoms with Crippen molar-refractivity contribution in [2.75, 3.05) is 6.61 Å². The molecule has 0 bridgehead atoms. The summed E-state index contributed by atoms with van der Waals surface area (Å²) >= 11 is 3.57. The Kier molecular flexibility index (Phi) is 4.61. The van der Waals surface area contributed by atoms with Crippen LogP contribution < -0.4 is 10.5 Å². The number of hydrogen-bond donors (Lipinski definition) is 1. The maximum absolute atomic E-state index is 6.32. The molecule has 3 heteroatoms. The average Bonchev–Trinajstić information content (AvgIpc) is 2.39. The number of aryl methyl sites for hydroxylation is 1. The van der Waals surface area contributed by atoms with Crippen LogP contribution in [0.2, 0.25) is 0 Å². The van der Waals surface area contributed by atoms with Gasteiger partial charge in [0.1, 0.15) is 5.75 Å². The third-order valence-corrected chi connectivity index (χ3v) is 3.74. The molecular formula is C16H18BrNO. The second-order valence-electron chi connectivity index (χ2n) is 4.50. The van der Waals surface area contributed by atoms with Gasteiger partial charge < -0.3 is 10.5 Å². The summed E-state index contributed by atoms with van der Waals surface area (Å²) in [5, 5.41) is 0. The number of ether oxygens (including phenoxy) is 1. The Hall–Kier alpha value is -1.32. The minimum Gasteiger partial charge on any atom is -0.494 e. The Labute approximate surface area is 122 Å². The lowest BCUT2D eigenvalue weighted by atomic mass is 9.99. The van der Waals surface area contributed by atoms with Crippen molar-refractivity contribution in [1.82, 2.24) is 0 Å². The molecular weight excluding hydrogens is 302 g/mol. The molecule has 1 unspecified atom stereocenters. The van der Waals surface area contributed by atoms with E-state index < -0.39 is 0 Å². The maximum atomic E-state index is 6.32. The molecule has 2 rings (SSSR count). The highest BCUT2D eigenvalue weighted by Gasteiger charge is 2.12. The first-order valence-electron chi connectivity index (χ1n) is 6.36. The first-order valence-corrected chi connectivity index (χ1v) is 7.15. The van der Waals surface area contributed by atoms with E-state index in [9.17, 15) is 0 Å². The second-order valence-corrected chi connectivity index (χ2v) is 5.36. The molecule has 0 amide bonds. The van der Waals surface area contributed by atoms with E-state index in [0.717, 1.165) is 21.3 Å². The lowest BCUT2D eigenvalue weighted by Crippen LogP contribution is -2.12. The Morgan fingerprint density at radius 3 is 2.42 bits per heavy atom. The monoisotopic (exact) mass is 319 g/mol. The molecule has 0 saturated heterocycles. The van der Waals surface area contributed by atoms with Crippen LogP contribution in [0.4, 0.5) is 0 Å². The fourth-order valence-corrected chi connectivity index (χ4v) is 2.57. The number of halogens is 1. The number of benzene rings is 2. The Morgan fingerprint density at radius 2 is 1.84 bits per heavy atom. The maximum Gasteiger partial charge on any atom is 0.120 e. The molecule has 0 radical (unpaired) electrons. The second kappa shape index (κ2) is 6.22. The first-order chi connectivity index (χ1) is 9.11. The number of rotatable bonds is 4. The van der Waals surface area contributed by atoms with Crippen molar-refractivity contribution in [3.63, 3.8) is 0 Å². The summed E-state index contributed by atoms with van der Waals surface area (Å²) < 4.78 is 6.45. The van der Waals surface area contributed by atoms with Crippen LogP contribution >= 0.6 is 15.9 Å². The highest BCUT2D eigenvalue weighted by Crippen LogP contribution is 2.30. The quantitative estimate of drug-likeness (QED) is 0.916. The van der Waals surface area contributed by atoms with Gasteiger partial charge in [-0.15, -0.1) is 0 Å². The van der Waals surface area contributed by atoms with Crippen LogP contribution in [0.15, 0.2) is 46.9 Å². The van der Waals surface area contributed by atoms with Gasteiger partial charge in [-0.3, -0.25) is 0 Å². The molecule has 0 fully saturated rings. The predicted molar refractivity (Wildman–Crippen MR) is 82.5 cm³/mol. The van der Waals surface area contributed by atoms with Crippen LogP contribution in [-0.4, -0.2) is 6.61 Å². The third kappa shape index (κ3) is 3.37. The Bertz CT molecular complexity index is 551. The minimum absolute atomic E-state index is 0.134. The van der Waals surface area contributed by atoms with Crippen LogP contribution in [0.1, 0.15) is 29.7 Å². The molecule has 0 aromatic heterocycles. The summed E-state index contributed by atoms with van der Waals surface area (Å²) in [5.41, 5.74) is 9.73. The number of hydrogen-bond acceptors (Lipinski definition) is 2. The van der Waals surface area contributed by atoms with Crippen molar-refractivity contribution in [2.24, 2.45) is 5.73 Å². The predicted octanol–water partition coefficient (Wildman–Crippen LogP) is 4.20. The molecule has 0 aliphatic rings. The van der Waals surface area contributed by atoms with E-state index in [2.05, 4.69) is 47.1 Å². The van der Waals surface area contributed by atoms with Gasteiger partial charge in [0.2, 0.25) is 0 Å². The van der Waals surface area contributed by atoms with Gasteiger partial charge in [0.25, 0.3) is 0 Å². The summed E-state index contributed by atoms with van der Waals surface area (Å²) in [6.45, 7) is 4.71. The molecule has 100 valence electrons. The minimum atomic E-state index is -0.134. The van der Waals surface area contributed by atoms with E-state index in [4.69, 9.17) is 10.5 Å². The van der Waals surface area contributed by atoms with Crippen LogP contribution in [0.3, 0.4) is 0 Å². The summed E-state index contributed by atoms with van der Waals surface area (Å²) in [5.74, 6) is 0.856. The highest BCUT2D eigenvalue weighted by atomic mass is 79.9. The molecule has 0 aliphatic carbocycles. The van der Waals surface area contributed by atoms with Crippen molar-refractivity contribution >= 4 is 15.9 Å². The van der Waals surface area contributed by atoms with E-state index in [0.29, 0.717) is 6.61 Å². The van der Waals surface area contributed by atoms with E-state index >= 15 is 0 Å². The van der Waals surface area contributed by atoms with Gasteiger partial charge in [0.05, 0.1) is 12.6 Å². The standard InChI is InChI=1S/C16H18BrNO/c1-3-19-13-8-9-14(15(17)10-13)16(18)12-6-4-11(2)5-7-12/h4-10,16H,3,18H2,1-2H3. The summed E-state index contributed by atoms with van der Waals surface area (Å²) in [7, 11) is 0. The molecule has 1 atom stereocenters. The van der Waals surface area contributed by atoms with Crippen LogP contribution in [0, 0.1) is 6.92 Å². The van der Waals surface area contributed by atoms with Gasteiger partial charge in [-0.2, -0.15) is 0 Å². The first kappa shape index (κ1) is 14.1. The molecule has 0 aliphatic heterocycles. The number of nitrogens with two attached hydrogens (primary N) is 1. The lowest BCUT2D eigenvalue weighted by molar-refractivity contribution is 0.340. The van der Waals surface area contributed by atoms with Crippen molar-refractivity contribution < 1.29 is 4.74 Å². The summed E-state index contributed by atoms with van der Waals surface area (Å²) in [4.78, 5) is 0. The van der Waals surface area contributed by atoms with Gasteiger partial charge in [-0.25, -0.2) is 0 Å². The van der Waals surface area contributed by atoms with Crippen LogP contribution in [-0.2, 0) is 0 Å². The van der Waals surface area contributed by atoms with Crippen LogP contribution in [0.5, 0.6) is 5.75 Å². The van der Waals surface area contributed by atoms with Gasteiger partial charge in [0, 0.05) is 4.47 Å². The average molecular weight is 320 g/mol. The zero-order chi connectivity index (χ0) is 13.8. The van der Waals surface area contributed by atoms with E-state index in [1.54, 1.807) is 0 Å². The normalized spacial score (nSPS) is 12.2. The highest BCUT2D eigenvalue weighted by molar-refractivity contribution is 9.10. The molecule has 2 nitrogen and oxygen atoms in total. The molecule has 2 N–H and O–H groups in total. The van der Waals surface area contributed by atoms with E-state index in [1.807, 2.05) is 25.1 Å². The van der Waals surface area contributed by atoms with Gasteiger partial charge in [0.15, 0.2) is 0 Å². The summed E-state index contributed by atoms with van der Waals surface area (Å²) in [6, 6.07) is 14.1. The van der Waals surface area contributed by atoms with Crippen molar-refractivity contribution in [3.8, 4) is 5.75 Å². The third-order valence-electron chi connectivity index (χ3n) is 3.05. The van der Waals surface area contributed by atoms with E-state index in [1.165, 1.54) is 5.56 Å². The van der Waals surface area contributed by atoms with Gasteiger partial charge >= 0.3 is 0 Å². The van der Waals surface area contributed by atoms with Crippen molar-refractivity contribution in [1.29, 1.82) is 0 Å². The fourth-order valence-electron chi connectivity index (χ4n) is 1.97. The molecule has 19 heavy (non-hydrogen) atoms. The molecule has 0 spiro atoms. The van der Waals surface area contributed by atoms with Crippen LogP contribution in [0.25, 0.3) is 0 Å². The molecule has 2 aromatic rings. The fraction of sp³-hybridized carbons (Fsp3) is 0.250. The SMILES string of the molecule is CCOc1ccc(C(N)c2ccc(C)cc2)c(Br)c1. The molecule has 0 saturated carbocycles. The summed E-state index contributed by atoms with van der Waals surface area (Å²) in [6.07, 6.45) is 0. The lowest BCUT2D eigenvalue weighted by Gasteiger charge is -2.15.